The smallest absolute Gasteiger partial charge is 0.294 e. The first-order chi connectivity index (χ1) is 13.6. The maximum atomic E-state index is 12.9. The lowest BCUT2D eigenvalue weighted by Crippen LogP contribution is -2.39. The first kappa shape index (κ1) is 18.8. The maximum Gasteiger partial charge on any atom is 0.294 e. The van der Waals surface area contributed by atoms with Gasteiger partial charge in [-0.3, -0.25) is 9.59 Å². The number of aromatic nitrogens is 3. The van der Waals surface area contributed by atoms with Crippen LogP contribution >= 0.6 is 11.3 Å². The first-order valence-corrected chi connectivity index (χ1v) is 10.7. The Morgan fingerprint density at radius 2 is 1.89 bits per heavy atom. The monoisotopic (exact) mass is 396 g/mol. The lowest BCUT2D eigenvalue weighted by atomic mass is 10.1. The third kappa shape index (κ3) is 3.99. The van der Waals surface area contributed by atoms with E-state index < -0.39 is 0 Å². The van der Waals surface area contributed by atoms with Crippen molar-refractivity contribution in [3.05, 3.63) is 46.4 Å². The normalized spacial score (nSPS) is 15.5. The van der Waals surface area contributed by atoms with E-state index in [0.717, 1.165) is 46.6 Å². The van der Waals surface area contributed by atoms with E-state index in [4.69, 9.17) is 0 Å². The highest BCUT2D eigenvalue weighted by Gasteiger charge is 2.18. The van der Waals surface area contributed by atoms with Gasteiger partial charge in [-0.1, -0.05) is 56.0 Å². The van der Waals surface area contributed by atoms with Crippen molar-refractivity contribution >= 4 is 27.5 Å². The molecule has 28 heavy (non-hydrogen) atoms. The van der Waals surface area contributed by atoms with Gasteiger partial charge in [0.25, 0.3) is 5.56 Å². The molecule has 2 heterocycles. The van der Waals surface area contributed by atoms with Crippen LogP contribution in [-0.2, 0) is 11.3 Å². The summed E-state index contributed by atoms with van der Waals surface area (Å²) in [7, 11) is 0. The predicted octanol–water partition coefficient (Wildman–Crippen LogP) is 3.67. The number of carbonyl (C=O) groups excluding carboxylic acids is 1. The van der Waals surface area contributed by atoms with Gasteiger partial charge in [0, 0.05) is 11.6 Å². The molecule has 146 valence electrons. The SMILES string of the molecule is Cc1nn(CC(=O)NC2CCCCCC2)c(=O)c2nc(-c3ccccc3)sc12. The molecule has 0 aliphatic heterocycles. The second kappa shape index (κ2) is 8.22. The zero-order valence-electron chi connectivity index (χ0n) is 16.0. The molecule has 1 aliphatic carbocycles. The lowest BCUT2D eigenvalue weighted by Gasteiger charge is -2.16. The largest absolute Gasteiger partial charge is 0.352 e. The number of hydrogen-bond donors (Lipinski definition) is 1. The third-order valence-corrected chi connectivity index (χ3v) is 6.41. The summed E-state index contributed by atoms with van der Waals surface area (Å²) in [6, 6.07) is 9.99. The summed E-state index contributed by atoms with van der Waals surface area (Å²) in [6.45, 7) is 1.79. The van der Waals surface area contributed by atoms with Gasteiger partial charge in [-0.15, -0.1) is 11.3 Å². The van der Waals surface area contributed by atoms with Crippen molar-refractivity contribution in [2.45, 2.75) is 58.0 Å². The van der Waals surface area contributed by atoms with Crippen molar-refractivity contribution in [3.63, 3.8) is 0 Å². The Labute approximate surface area is 167 Å². The molecule has 0 unspecified atom stereocenters. The second-order valence-electron chi connectivity index (χ2n) is 7.37. The Morgan fingerprint density at radius 1 is 1.18 bits per heavy atom. The van der Waals surface area contributed by atoms with Gasteiger partial charge in [-0.25, -0.2) is 9.67 Å². The molecule has 1 N–H and O–H groups in total. The van der Waals surface area contributed by atoms with Crippen LogP contribution in [0.4, 0.5) is 0 Å². The Kier molecular flexibility index (Phi) is 5.52. The molecule has 1 saturated carbocycles. The summed E-state index contributed by atoms with van der Waals surface area (Å²) in [5.41, 5.74) is 1.77. The number of carbonyl (C=O) groups is 1. The topological polar surface area (TPSA) is 76.9 Å². The number of rotatable bonds is 4. The predicted molar refractivity (Wildman–Crippen MR) is 111 cm³/mol. The van der Waals surface area contributed by atoms with Gasteiger partial charge in [-0.05, 0) is 19.8 Å². The summed E-state index contributed by atoms with van der Waals surface area (Å²) >= 11 is 1.46. The number of nitrogens with zero attached hydrogens (tertiary/aromatic N) is 3. The number of benzene rings is 1. The molecule has 2 aromatic heterocycles. The van der Waals surface area contributed by atoms with Gasteiger partial charge >= 0.3 is 0 Å². The first-order valence-electron chi connectivity index (χ1n) is 9.85. The highest BCUT2D eigenvalue weighted by Crippen LogP contribution is 2.29. The Morgan fingerprint density at radius 3 is 2.61 bits per heavy atom. The van der Waals surface area contributed by atoms with Crippen LogP contribution in [0.2, 0.25) is 0 Å². The molecule has 3 aromatic rings. The van der Waals surface area contributed by atoms with Crippen LogP contribution < -0.4 is 10.9 Å². The fourth-order valence-corrected chi connectivity index (χ4v) is 4.75. The molecule has 0 saturated heterocycles. The highest BCUT2D eigenvalue weighted by atomic mass is 32.1. The minimum absolute atomic E-state index is 0.0652. The summed E-state index contributed by atoms with van der Waals surface area (Å²) in [5.74, 6) is -0.154. The summed E-state index contributed by atoms with van der Waals surface area (Å²) < 4.78 is 2.03. The average Bonchev–Trinajstić information content (AvgIpc) is 3.00. The van der Waals surface area contributed by atoms with Crippen LogP contribution in [0.5, 0.6) is 0 Å². The van der Waals surface area contributed by atoms with E-state index in [-0.39, 0.29) is 24.1 Å². The van der Waals surface area contributed by atoms with E-state index in [1.165, 1.54) is 28.9 Å². The van der Waals surface area contributed by atoms with Gasteiger partial charge in [0.2, 0.25) is 5.91 Å². The molecule has 0 spiro atoms. The number of thiazole rings is 1. The van der Waals surface area contributed by atoms with Gasteiger partial charge in [0.15, 0.2) is 5.52 Å². The summed E-state index contributed by atoms with van der Waals surface area (Å²) in [4.78, 5) is 29.9. The van der Waals surface area contributed by atoms with Crippen LogP contribution in [0.15, 0.2) is 35.1 Å². The molecule has 0 atom stereocenters. The fourth-order valence-electron chi connectivity index (χ4n) is 3.75. The quantitative estimate of drug-likeness (QED) is 0.683. The van der Waals surface area contributed by atoms with Crippen LogP contribution in [0, 0.1) is 6.92 Å². The van der Waals surface area contributed by atoms with E-state index in [1.54, 1.807) is 0 Å². The molecule has 1 fully saturated rings. The van der Waals surface area contributed by atoms with Gasteiger partial charge in [0.1, 0.15) is 11.6 Å². The minimum Gasteiger partial charge on any atom is -0.352 e. The third-order valence-electron chi connectivity index (χ3n) is 5.20. The summed E-state index contributed by atoms with van der Waals surface area (Å²) in [5, 5.41) is 8.24. The molecule has 1 amide bonds. The minimum atomic E-state index is -0.310. The van der Waals surface area contributed by atoms with Gasteiger partial charge in [0.05, 0.1) is 10.4 Å². The molecular weight excluding hydrogens is 372 g/mol. The molecule has 1 aliphatic rings. The molecule has 1 aromatic carbocycles. The van der Waals surface area contributed by atoms with Crippen LogP contribution in [0.3, 0.4) is 0 Å². The number of fused-ring (bicyclic) bond motifs is 1. The maximum absolute atomic E-state index is 12.9. The van der Waals surface area contributed by atoms with E-state index in [0.29, 0.717) is 5.52 Å². The van der Waals surface area contributed by atoms with Crippen molar-refractivity contribution in [1.82, 2.24) is 20.1 Å². The zero-order chi connectivity index (χ0) is 19.5. The number of amides is 1. The standard InChI is InChI=1S/C21H24N4O2S/c1-14-19-18(23-20(28-19)15-9-5-4-6-10-15)21(27)25(24-14)13-17(26)22-16-11-7-2-3-8-12-16/h4-6,9-10,16H,2-3,7-8,11-13H2,1H3,(H,22,26). The van der Waals surface area contributed by atoms with Crippen molar-refractivity contribution in [1.29, 1.82) is 0 Å². The second-order valence-corrected chi connectivity index (χ2v) is 8.37. The lowest BCUT2D eigenvalue weighted by molar-refractivity contribution is -0.122. The molecule has 0 bridgehead atoms. The molecule has 6 nitrogen and oxygen atoms in total. The van der Waals surface area contributed by atoms with Crippen molar-refractivity contribution in [2.24, 2.45) is 0 Å². The Hall–Kier alpha value is -2.54. The highest BCUT2D eigenvalue weighted by molar-refractivity contribution is 7.21. The van der Waals surface area contributed by atoms with Crippen LogP contribution in [0.1, 0.15) is 44.2 Å². The van der Waals surface area contributed by atoms with Crippen LogP contribution in [0.25, 0.3) is 20.8 Å². The Balaban J connectivity index is 1.58. The number of aryl methyl sites for hydroxylation is 1. The molecule has 4 rings (SSSR count). The molecule has 0 radical (unpaired) electrons. The van der Waals surface area contributed by atoms with E-state index in [2.05, 4.69) is 15.4 Å². The fraction of sp³-hybridized carbons (Fsp3) is 0.429. The van der Waals surface area contributed by atoms with Crippen molar-refractivity contribution in [3.8, 4) is 10.6 Å². The van der Waals surface area contributed by atoms with E-state index >= 15 is 0 Å². The number of hydrogen-bond acceptors (Lipinski definition) is 5. The van der Waals surface area contributed by atoms with Gasteiger partial charge in [-0.2, -0.15) is 5.10 Å². The molecular formula is C21H24N4O2S. The van der Waals surface area contributed by atoms with Gasteiger partial charge < -0.3 is 5.32 Å². The van der Waals surface area contributed by atoms with E-state index in [1.807, 2.05) is 37.3 Å². The van der Waals surface area contributed by atoms with Crippen LogP contribution in [-0.4, -0.2) is 26.7 Å². The zero-order valence-corrected chi connectivity index (χ0v) is 16.8. The van der Waals surface area contributed by atoms with Crippen molar-refractivity contribution in [2.75, 3.05) is 0 Å². The van der Waals surface area contributed by atoms with Crippen molar-refractivity contribution < 1.29 is 4.79 Å². The summed E-state index contributed by atoms with van der Waals surface area (Å²) in [6.07, 6.45) is 6.79. The average molecular weight is 397 g/mol. The Bertz CT molecular complexity index is 1030. The number of nitrogens with one attached hydrogen (secondary N) is 1. The molecule has 7 heteroatoms. The van der Waals surface area contributed by atoms with E-state index in [9.17, 15) is 9.59 Å².